The highest BCUT2D eigenvalue weighted by Gasteiger charge is 2.36. The summed E-state index contributed by atoms with van der Waals surface area (Å²) in [6.45, 7) is 3.96. The molecule has 2 aliphatic heterocycles. The first-order valence-corrected chi connectivity index (χ1v) is 16.4. The van der Waals surface area contributed by atoms with E-state index in [4.69, 9.17) is 24.1 Å². The first-order chi connectivity index (χ1) is 21.2. The summed E-state index contributed by atoms with van der Waals surface area (Å²) >= 11 is 0. The normalized spacial score (nSPS) is 20.2. The van der Waals surface area contributed by atoms with Gasteiger partial charge in [-0.3, -0.25) is 29.2 Å². The van der Waals surface area contributed by atoms with Crippen LogP contribution >= 0.6 is 10.9 Å². The molecule has 2 heterocycles. The fraction of sp³-hybridized carbons (Fsp3) is 0.607. The van der Waals surface area contributed by atoms with Gasteiger partial charge in [0, 0.05) is 25.4 Å². The molecule has 4 atom stereocenters. The zero-order valence-electron chi connectivity index (χ0n) is 25.5. The molecule has 0 aromatic heterocycles. The van der Waals surface area contributed by atoms with E-state index in [0.717, 1.165) is 5.56 Å². The molecule has 1 unspecified atom stereocenters. The van der Waals surface area contributed by atoms with Crippen molar-refractivity contribution in [3.8, 4) is 5.75 Å². The Kier molecular flexibility index (Phi) is 15.5. The number of hydrogen-bond acceptors (Lipinski definition) is 11. The number of fused-ring (bicyclic) bond motifs is 11. The molecular formula is C28H46N6O10S. The molecule has 16 nitrogen and oxygen atoms in total. The van der Waals surface area contributed by atoms with Gasteiger partial charge in [0.1, 0.15) is 11.8 Å². The van der Waals surface area contributed by atoms with Gasteiger partial charge in [-0.05, 0) is 49.3 Å². The fourth-order valence-electron chi connectivity index (χ4n) is 4.83. The van der Waals surface area contributed by atoms with E-state index >= 15 is 0 Å². The lowest BCUT2D eigenvalue weighted by atomic mass is 9.81. The number of hydrogen-bond donors (Lipinski definition) is 10. The molecule has 2 aliphatic rings. The topological polar surface area (TPSA) is 262 Å². The number of carbonyl (C=O) groups is 5. The van der Waals surface area contributed by atoms with E-state index in [1.54, 1.807) is 29.7 Å². The lowest BCUT2D eigenvalue weighted by molar-refractivity contribution is -0.142. The van der Waals surface area contributed by atoms with Gasteiger partial charge in [-0.15, -0.1) is 0 Å². The Bertz CT molecular complexity index is 1150. The molecule has 0 saturated heterocycles. The summed E-state index contributed by atoms with van der Waals surface area (Å²) in [6.07, 6.45) is 1.43. The van der Waals surface area contributed by atoms with Crippen LogP contribution in [-0.4, -0.2) is 92.5 Å². The number of nitrogens with two attached hydrogens (primary N) is 1. The van der Waals surface area contributed by atoms with Crippen LogP contribution in [0.3, 0.4) is 0 Å². The highest BCUT2D eigenvalue weighted by atomic mass is 32.3. The minimum atomic E-state index is -3.91. The number of ether oxygens (including phenoxy) is 1. The second-order valence-corrected chi connectivity index (χ2v) is 12.9. The van der Waals surface area contributed by atoms with Crippen molar-refractivity contribution in [3.05, 3.63) is 29.8 Å². The largest absolute Gasteiger partial charge is 0.494 e. The Labute approximate surface area is 263 Å². The van der Waals surface area contributed by atoms with Crippen molar-refractivity contribution in [1.82, 2.24) is 26.7 Å². The Morgan fingerprint density at radius 1 is 1.04 bits per heavy atom. The van der Waals surface area contributed by atoms with Crippen molar-refractivity contribution >= 4 is 40.4 Å². The van der Waals surface area contributed by atoms with Crippen LogP contribution < -0.4 is 37.2 Å². The van der Waals surface area contributed by atoms with Crippen molar-refractivity contribution in [2.24, 2.45) is 23.5 Å². The summed E-state index contributed by atoms with van der Waals surface area (Å²) in [7, 11) is -3.91. The van der Waals surface area contributed by atoms with Crippen LogP contribution in [0.1, 0.15) is 45.1 Å². The first kappa shape index (κ1) is 37.7. The summed E-state index contributed by atoms with van der Waals surface area (Å²) in [5.41, 5.74) is 7.88. The maximum Gasteiger partial charge on any atom is 0.247 e. The van der Waals surface area contributed by atoms with Gasteiger partial charge in [0.05, 0.1) is 41.7 Å². The highest BCUT2D eigenvalue weighted by molar-refractivity contribution is 8.19. The van der Waals surface area contributed by atoms with Crippen LogP contribution in [0.4, 0.5) is 0 Å². The Hall–Kier alpha value is -3.48. The lowest BCUT2D eigenvalue weighted by Crippen LogP contribution is -2.53. The third kappa shape index (κ3) is 14.0. The summed E-state index contributed by atoms with van der Waals surface area (Å²) in [5, 5.41) is 19.7. The summed E-state index contributed by atoms with van der Waals surface area (Å²) in [6, 6.07) is 4.62. The average Bonchev–Trinajstić information content (AvgIpc) is 2.97. The Morgan fingerprint density at radius 2 is 1.71 bits per heavy atom. The van der Waals surface area contributed by atoms with E-state index in [0.29, 0.717) is 31.6 Å². The molecule has 0 fully saturated rings. The maximum atomic E-state index is 13.6. The molecular weight excluding hydrogens is 612 g/mol. The van der Waals surface area contributed by atoms with Crippen LogP contribution in [0.25, 0.3) is 0 Å². The third-order valence-corrected chi connectivity index (χ3v) is 7.86. The van der Waals surface area contributed by atoms with Crippen molar-refractivity contribution < 1.29 is 47.6 Å². The van der Waals surface area contributed by atoms with Gasteiger partial charge >= 0.3 is 0 Å². The average molecular weight is 659 g/mol. The zero-order chi connectivity index (χ0) is 33.6. The number of amides is 5. The fourth-order valence-corrected chi connectivity index (χ4v) is 5.46. The van der Waals surface area contributed by atoms with E-state index in [-0.39, 0.29) is 31.8 Å². The molecule has 1 aromatic carbocycles. The Morgan fingerprint density at radius 3 is 2.33 bits per heavy atom. The second-order valence-electron chi connectivity index (χ2n) is 11.3. The number of benzene rings is 1. The lowest BCUT2D eigenvalue weighted by Gasteiger charge is -2.28. The summed E-state index contributed by atoms with van der Waals surface area (Å²) < 4.78 is 32.8. The number of carbonyl (C=O) groups excluding carboxylic acids is 5. The van der Waals surface area contributed by atoms with Gasteiger partial charge in [0.15, 0.2) is 0 Å². The summed E-state index contributed by atoms with van der Waals surface area (Å²) in [5.74, 6) is -4.84. The second kappa shape index (κ2) is 18.5. The molecule has 2 bridgehead atoms. The Balaban J connectivity index is 2.02. The van der Waals surface area contributed by atoms with Gasteiger partial charge < -0.3 is 45.4 Å². The minimum Gasteiger partial charge on any atom is -0.494 e. The monoisotopic (exact) mass is 658 g/mol. The van der Waals surface area contributed by atoms with E-state index in [9.17, 15) is 29.2 Å². The van der Waals surface area contributed by atoms with Crippen molar-refractivity contribution in [2.45, 2.75) is 58.0 Å². The number of hydroxylamine groups is 1. The van der Waals surface area contributed by atoms with Gasteiger partial charge in [0.25, 0.3) is 0 Å². The molecule has 11 N–H and O–H groups in total. The van der Waals surface area contributed by atoms with Crippen LogP contribution in [0.15, 0.2) is 24.3 Å². The smallest absolute Gasteiger partial charge is 0.247 e. The zero-order valence-corrected chi connectivity index (χ0v) is 26.3. The molecule has 3 rings (SSSR count). The van der Waals surface area contributed by atoms with Gasteiger partial charge in [-0.2, -0.15) is 0 Å². The summed E-state index contributed by atoms with van der Waals surface area (Å²) in [4.78, 5) is 63.7. The van der Waals surface area contributed by atoms with Crippen molar-refractivity contribution in [1.29, 1.82) is 0 Å². The van der Waals surface area contributed by atoms with E-state index in [1.807, 2.05) is 13.8 Å². The third-order valence-electron chi connectivity index (χ3n) is 7.06. The van der Waals surface area contributed by atoms with Crippen LogP contribution in [-0.2, 0) is 30.4 Å². The molecule has 45 heavy (non-hydrogen) atoms. The predicted octanol–water partition coefficient (Wildman–Crippen LogP) is -0.0400. The number of nitrogens with one attached hydrogen (secondary N) is 5. The van der Waals surface area contributed by atoms with Gasteiger partial charge in [-0.1, -0.05) is 26.0 Å². The van der Waals surface area contributed by atoms with Gasteiger partial charge in [0.2, 0.25) is 29.5 Å². The molecule has 17 heteroatoms. The number of rotatable bonds is 13. The van der Waals surface area contributed by atoms with E-state index < -0.39 is 76.6 Å². The SMILES string of the molecule is CC(C)C[C@H]1C(=O)N[C@H](C(=O)NCC(=O)NCCCNC(=O)C(N)CS(O)(O)O)Cc2ccc(cc2)OCCC[C@@H]1C(=O)NO. The minimum absolute atomic E-state index is 0.0276. The molecule has 5 amide bonds. The van der Waals surface area contributed by atoms with E-state index in [2.05, 4.69) is 21.3 Å². The maximum absolute atomic E-state index is 13.6. The molecule has 0 saturated carbocycles. The molecule has 254 valence electrons. The standard InChI is InChI=1S/C28H46N6O10S/c1-17(2)13-21-20(26(37)34-40)5-3-12-44-19-8-6-18(7-9-19)14-23(33-25(21)36)28(39)32-15-24(35)30-10-4-11-31-27(38)22(29)16-45(41,42)43/h6-9,17,20-23,40-43H,3-5,10-16,29H2,1-2H3,(H,30,35)(H,31,38)(H,32,39)(H,33,36)(H,34,37)/t20-,21+,22?,23-/m0/s1. The predicted molar refractivity (Wildman–Crippen MR) is 165 cm³/mol. The first-order valence-electron chi connectivity index (χ1n) is 14.7. The molecule has 0 radical (unpaired) electrons. The quantitative estimate of drug-likeness (QED) is 0.0764. The van der Waals surface area contributed by atoms with E-state index in [1.165, 1.54) is 0 Å². The molecule has 1 aromatic rings. The highest BCUT2D eigenvalue weighted by Crippen LogP contribution is 2.32. The molecule has 0 spiro atoms. The van der Waals surface area contributed by atoms with Crippen LogP contribution in [0, 0.1) is 17.8 Å². The van der Waals surface area contributed by atoms with Crippen LogP contribution in [0.2, 0.25) is 0 Å². The van der Waals surface area contributed by atoms with Crippen LogP contribution in [0.5, 0.6) is 5.75 Å². The molecule has 0 aliphatic carbocycles. The van der Waals surface area contributed by atoms with Gasteiger partial charge in [-0.25, -0.2) is 5.48 Å². The van der Waals surface area contributed by atoms with Crippen molar-refractivity contribution in [2.75, 3.05) is 32.0 Å². The van der Waals surface area contributed by atoms with Crippen molar-refractivity contribution in [3.63, 3.8) is 0 Å².